The van der Waals surface area contributed by atoms with Gasteiger partial charge in [0.15, 0.2) is 11.5 Å². The zero-order valence-corrected chi connectivity index (χ0v) is 16.3. The highest BCUT2D eigenvalue weighted by molar-refractivity contribution is 6.00. The summed E-state index contributed by atoms with van der Waals surface area (Å²) in [5, 5.41) is 14.1. The van der Waals surface area contributed by atoms with Gasteiger partial charge in [-0.2, -0.15) is 5.26 Å². The van der Waals surface area contributed by atoms with E-state index in [2.05, 4.69) is 10.6 Å². The first-order valence-electron chi connectivity index (χ1n) is 8.24. The molecule has 0 aliphatic rings. The molecule has 1 aromatic heterocycles. The van der Waals surface area contributed by atoms with Gasteiger partial charge in [-0.1, -0.05) is 0 Å². The topological polar surface area (TPSA) is 123 Å². The fourth-order valence-electron chi connectivity index (χ4n) is 2.50. The number of methoxy groups -OCH3 is 3. The van der Waals surface area contributed by atoms with Gasteiger partial charge in [0, 0.05) is 11.1 Å². The third-order valence-electron chi connectivity index (χ3n) is 4.09. The van der Waals surface area contributed by atoms with E-state index in [1.54, 1.807) is 13.8 Å². The van der Waals surface area contributed by atoms with Gasteiger partial charge in [0.2, 0.25) is 17.5 Å². The molecule has 0 saturated heterocycles. The number of hydrogen-bond donors (Lipinski definition) is 2. The van der Waals surface area contributed by atoms with Crippen LogP contribution in [0.2, 0.25) is 0 Å². The maximum atomic E-state index is 12.4. The molecule has 1 aromatic carbocycles. The van der Waals surface area contributed by atoms with Crippen molar-refractivity contribution < 1.29 is 28.2 Å². The molecule has 0 aliphatic carbocycles. The summed E-state index contributed by atoms with van der Waals surface area (Å²) in [6.45, 7) is 3.09. The van der Waals surface area contributed by atoms with Crippen molar-refractivity contribution in [3.05, 3.63) is 34.6 Å². The molecule has 0 radical (unpaired) electrons. The van der Waals surface area contributed by atoms with Crippen LogP contribution in [0.3, 0.4) is 0 Å². The number of aryl methyl sites for hydroxylation is 1. The van der Waals surface area contributed by atoms with Crippen LogP contribution in [0.15, 0.2) is 16.5 Å². The van der Waals surface area contributed by atoms with Crippen LogP contribution in [0.4, 0.5) is 5.88 Å². The zero-order valence-electron chi connectivity index (χ0n) is 16.3. The van der Waals surface area contributed by atoms with Crippen molar-refractivity contribution in [2.24, 2.45) is 0 Å². The van der Waals surface area contributed by atoms with Crippen LogP contribution in [0, 0.1) is 25.2 Å². The minimum Gasteiger partial charge on any atom is -0.493 e. The summed E-state index contributed by atoms with van der Waals surface area (Å²) >= 11 is 0. The molecule has 0 aliphatic heterocycles. The lowest BCUT2D eigenvalue weighted by molar-refractivity contribution is -0.115. The van der Waals surface area contributed by atoms with Gasteiger partial charge in [-0.15, -0.1) is 0 Å². The largest absolute Gasteiger partial charge is 0.493 e. The molecule has 2 rings (SSSR count). The highest BCUT2D eigenvalue weighted by Crippen LogP contribution is 2.38. The minimum absolute atomic E-state index is 0.0598. The third kappa shape index (κ3) is 4.17. The van der Waals surface area contributed by atoms with Crippen LogP contribution in [-0.2, 0) is 4.79 Å². The Morgan fingerprint density at radius 2 is 1.71 bits per heavy atom. The maximum Gasteiger partial charge on any atom is 0.251 e. The highest BCUT2D eigenvalue weighted by Gasteiger charge is 2.19. The molecule has 9 nitrogen and oxygen atoms in total. The second-order valence-corrected chi connectivity index (χ2v) is 5.74. The molecule has 0 unspecified atom stereocenters. The van der Waals surface area contributed by atoms with Crippen LogP contribution < -0.4 is 24.8 Å². The number of anilines is 1. The van der Waals surface area contributed by atoms with Crippen LogP contribution in [0.5, 0.6) is 17.2 Å². The molecular formula is C19H21N3O6. The number of nitriles is 1. The number of rotatable bonds is 7. The first-order valence-corrected chi connectivity index (χ1v) is 8.24. The zero-order chi connectivity index (χ0) is 20.8. The highest BCUT2D eigenvalue weighted by atomic mass is 16.5. The molecule has 0 saturated carbocycles. The van der Waals surface area contributed by atoms with Gasteiger partial charge in [-0.3, -0.25) is 14.9 Å². The van der Waals surface area contributed by atoms with E-state index in [4.69, 9.17) is 23.9 Å². The molecule has 0 spiro atoms. The fraction of sp³-hybridized carbons (Fsp3) is 0.316. The normalized spacial score (nSPS) is 10.0. The van der Waals surface area contributed by atoms with Gasteiger partial charge in [-0.25, -0.2) is 0 Å². The molecule has 0 fully saturated rings. The third-order valence-corrected chi connectivity index (χ3v) is 4.09. The summed E-state index contributed by atoms with van der Waals surface area (Å²) in [5.41, 5.74) is 1.13. The van der Waals surface area contributed by atoms with Crippen molar-refractivity contribution >= 4 is 17.7 Å². The van der Waals surface area contributed by atoms with E-state index in [1.807, 2.05) is 6.07 Å². The Bertz CT molecular complexity index is 917. The average molecular weight is 387 g/mol. The van der Waals surface area contributed by atoms with Crippen molar-refractivity contribution in [2.45, 2.75) is 13.8 Å². The summed E-state index contributed by atoms with van der Waals surface area (Å²) in [6.07, 6.45) is 0. The predicted octanol–water partition coefficient (Wildman–Crippen LogP) is 2.16. The van der Waals surface area contributed by atoms with Gasteiger partial charge in [0.05, 0.1) is 27.9 Å². The lowest BCUT2D eigenvalue weighted by Crippen LogP contribution is -2.33. The van der Waals surface area contributed by atoms with E-state index in [0.717, 1.165) is 0 Å². The Kier molecular flexibility index (Phi) is 6.50. The maximum absolute atomic E-state index is 12.4. The lowest BCUT2D eigenvalue weighted by Gasteiger charge is -2.14. The fourth-order valence-corrected chi connectivity index (χ4v) is 2.50. The molecule has 2 aromatic rings. The summed E-state index contributed by atoms with van der Waals surface area (Å²) in [7, 11) is 4.33. The Labute approximate surface area is 162 Å². The van der Waals surface area contributed by atoms with Gasteiger partial charge >= 0.3 is 0 Å². The number of amides is 2. The Balaban J connectivity index is 2.09. The van der Waals surface area contributed by atoms with Crippen LogP contribution in [-0.4, -0.2) is 39.7 Å². The molecule has 28 heavy (non-hydrogen) atoms. The standard InChI is InChI=1S/C19H21N3O6/c1-10-11(2)28-19(13(10)8-20)22-16(23)9-21-18(24)12-6-14(25-3)17(27-5)15(7-12)26-4/h6-7H,9H2,1-5H3,(H,21,24)(H,22,23). The predicted molar refractivity (Wildman–Crippen MR) is 100.0 cm³/mol. The number of nitrogens with one attached hydrogen (secondary N) is 2. The molecule has 0 bridgehead atoms. The smallest absolute Gasteiger partial charge is 0.251 e. The van der Waals surface area contributed by atoms with Crippen molar-refractivity contribution in [1.82, 2.24) is 5.32 Å². The number of furan rings is 1. The van der Waals surface area contributed by atoms with Crippen molar-refractivity contribution in [3.8, 4) is 23.3 Å². The Hall–Kier alpha value is -3.67. The number of nitrogens with zero attached hydrogens (tertiary/aromatic N) is 1. The number of ether oxygens (including phenoxy) is 3. The Morgan fingerprint density at radius 1 is 1.11 bits per heavy atom. The van der Waals surface area contributed by atoms with Crippen LogP contribution >= 0.6 is 0 Å². The van der Waals surface area contributed by atoms with E-state index in [-0.39, 0.29) is 23.6 Å². The van der Waals surface area contributed by atoms with E-state index in [9.17, 15) is 9.59 Å². The SMILES string of the molecule is COc1cc(C(=O)NCC(=O)Nc2oc(C)c(C)c2C#N)cc(OC)c1OC. The monoisotopic (exact) mass is 387 g/mol. The van der Waals surface area contributed by atoms with E-state index >= 15 is 0 Å². The molecule has 148 valence electrons. The van der Waals surface area contributed by atoms with Crippen LogP contribution in [0.25, 0.3) is 0 Å². The molecule has 9 heteroatoms. The average Bonchev–Trinajstić information content (AvgIpc) is 2.97. The molecule has 2 N–H and O–H groups in total. The molecule has 0 atom stereocenters. The second-order valence-electron chi connectivity index (χ2n) is 5.74. The number of carbonyl (C=O) groups excluding carboxylic acids is 2. The number of carbonyl (C=O) groups is 2. The number of benzene rings is 1. The van der Waals surface area contributed by atoms with Gasteiger partial charge in [0.25, 0.3) is 5.91 Å². The quantitative estimate of drug-likeness (QED) is 0.746. The summed E-state index contributed by atoms with van der Waals surface area (Å²) in [4.78, 5) is 24.5. The molecular weight excluding hydrogens is 366 g/mol. The number of hydrogen-bond acceptors (Lipinski definition) is 7. The molecule has 2 amide bonds. The van der Waals surface area contributed by atoms with E-state index in [1.165, 1.54) is 33.5 Å². The van der Waals surface area contributed by atoms with Gasteiger partial charge < -0.3 is 23.9 Å². The summed E-state index contributed by atoms with van der Waals surface area (Å²) in [5.74, 6) is 0.533. The van der Waals surface area contributed by atoms with Crippen molar-refractivity contribution in [3.63, 3.8) is 0 Å². The first-order chi connectivity index (χ1) is 13.4. The second kappa shape index (κ2) is 8.81. The van der Waals surface area contributed by atoms with Gasteiger partial charge in [-0.05, 0) is 26.0 Å². The van der Waals surface area contributed by atoms with Gasteiger partial charge in [0.1, 0.15) is 17.4 Å². The van der Waals surface area contributed by atoms with E-state index in [0.29, 0.717) is 28.6 Å². The Morgan fingerprint density at radius 3 is 2.21 bits per heavy atom. The minimum atomic E-state index is -0.536. The molecule has 1 heterocycles. The van der Waals surface area contributed by atoms with E-state index < -0.39 is 11.8 Å². The lowest BCUT2D eigenvalue weighted by atomic mass is 10.1. The van der Waals surface area contributed by atoms with Crippen molar-refractivity contribution in [1.29, 1.82) is 5.26 Å². The van der Waals surface area contributed by atoms with Crippen molar-refractivity contribution in [2.75, 3.05) is 33.2 Å². The summed E-state index contributed by atoms with van der Waals surface area (Å²) < 4.78 is 21.0. The summed E-state index contributed by atoms with van der Waals surface area (Å²) in [6, 6.07) is 4.93. The first kappa shape index (κ1) is 20.6. The van der Waals surface area contributed by atoms with Crippen LogP contribution in [0.1, 0.15) is 27.2 Å².